The van der Waals surface area contributed by atoms with Crippen molar-refractivity contribution in [3.63, 3.8) is 0 Å². The molecule has 15 nitrogen and oxygen atoms in total. The number of nitro benzene ring substituents is 1. The van der Waals surface area contributed by atoms with Crippen LogP contribution in [-0.4, -0.2) is 103 Å². The summed E-state index contributed by atoms with van der Waals surface area (Å²) in [6.45, 7) is 3.81. The minimum Gasteiger partial charge on any atom is -0.571 e. The zero-order valence-corrected chi connectivity index (χ0v) is 23.9. The molecule has 2 saturated heterocycles. The van der Waals surface area contributed by atoms with E-state index in [0.29, 0.717) is 49.8 Å². The first-order chi connectivity index (χ1) is 20.7. The standard InChI is InChI=1S/C27H29N7O8S/c35-26-20-4-1-2-5-21(20)27(36)25-24(26)28-34(39)32(25)9-3-8-29-10-12-30(13-11-29)22-7-6-19(18-23(22)33(37)38)43(40,41)31-14-16-42-17-15-31/h1-2,4-7,18H,3,8-17H2. The van der Waals surface area contributed by atoms with Gasteiger partial charge >= 0.3 is 0 Å². The van der Waals surface area contributed by atoms with E-state index in [0.717, 1.165) is 6.07 Å². The van der Waals surface area contributed by atoms with Crippen molar-refractivity contribution >= 4 is 33.0 Å². The molecule has 0 saturated carbocycles. The quantitative estimate of drug-likeness (QED) is 0.117. The maximum atomic E-state index is 13.1. The highest BCUT2D eigenvalue weighted by molar-refractivity contribution is 7.89. The van der Waals surface area contributed by atoms with Gasteiger partial charge in [0.1, 0.15) is 5.69 Å². The first kappa shape index (κ1) is 28.9. The van der Waals surface area contributed by atoms with Crippen molar-refractivity contribution in [3.05, 3.63) is 80.3 Å². The number of carbonyl (C=O) groups excluding carboxylic acids is 2. The van der Waals surface area contributed by atoms with E-state index in [9.17, 15) is 33.3 Å². The maximum Gasteiger partial charge on any atom is 0.293 e. The van der Waals surface area contributed by atoms with Gasteiger partial charge in [-0.15, -0.1) is 4.68 Å². The van der Waals surface area contributed by atoms with Crippen LogP contribution in [0.25, 0.3) is 0 Å². The molecule has 43 heavy (non-hydrogen) atoms. The molecular weight excluding hydrogens is 582 g/mol. The van der Waals surface area contributed by atoms with E-state index in [-0.39, 0.29) is 65.9 Å². The fraction of sp³-hybridized carbons (Fsp3) is 0.407. The van der Waals surface area contributed by atoms with E-state index < -0.39 is 26.5 Å². The van der Waals surface area contributed by atoms with Crippen molar-refractivity contribution in [1.82, 2.24) is 19.0 Å². The van der Waals surface area contributed by atoms with Gasteiger partial charge in [-0.2, -0.15) is 4.31 Å². The van der Waals surface area contributed by atoms with Crippen LogP contribution in [0.1, 0.15) is 38.5 Å². The van der Waals surface area contributed by atoms with Gasteiger partial charge in [0, 0.05) is 73.1 Å². The van der Waals surface area contributed by atoms with E-state index in [4.69, 9.17) is 4.74 Å². The van der Waals surface area contributed by atoms with Crippen molar-refractivity contribution < 1.29 is 32.6 Å². The maximum absolute atomic E-state index is 13.1. The van der Waals surface area contributed by atoms with Gasteiger partial charge < -0.3 is 14.8 Å². The van der Waals surface area contributed by atoms with Crippen molar-refractivity contribution in [3.8, 4) is 0 Å². The van der Waals surface area contributed by atoms with Crippen molar-refractivity contribution in [1.29, 1.82) is 0 Å². The number of hydrogen-bond acceptors (Lipinski definition) is 11. The molecule has 2 aromatic carbocycles. The number of carbonyl (C=O) groups is 2. The van der Waals surface area contributed by atoms with Gasteiger partial charge in [-0.25, -0.2) is 8.42 Å². The SMILES string of the molecule is O=C1c2ccccc2C(=O)c2c1n[n+]([O-])n2CCCN1CCN(c2ccc(S(=O)(=O)N3CCOCC3)cc2[N+](=O)[O-])CC1. The monoisotopic (exact) mass is 611 g/mol. The molecule has 2 aliphatic heterocycles. The molecule has 0 atom stereocenters. The van der Waals surface area contributed by atoms with Gasteiger partial charge in [0.25, 0.3) is 5.69 Å². The van der Waals surface area contributed by atoms with Gasteiger partial charge in [0.15, 0.2) is 5.69 Å². The second kappa shape index (κ2) is 11.4. The second-order valence-electron chi connectivity index (χ2n) is 10.5. The molecule has 0 amide bonds. The van der Waals surface area contributed by atoms with Crippen LogP contribution in [-0.2, 0) is 21.3 Å². The fourth-order valence-corrected chi connectivity index (χ4v) is 7.20. The summed E-state index contributed by atoms with van der Waals surface area (Å²) in [4.78, 5) is 41.5. The summed E-state index contributed by atoms with van der Waals surface area (Å²) < 4.78 is 33.8. The number of nitrogens with zero attached hydrogens (tertiary/aromatic N) is 7. The number of anilines is 1. The van der Waals surface area contributed by atoms with Crippen LogP contribution < -0.4 is 9.86 Å². The Morgan fingerprint density at radius 3 is 2.28 bits per heavy atom. The highest BCUT2D eigenvalue weighted by Gasteiger charge is 2.39. The van der Waals surface area contributed by atoms with Gasteiger partial charge in [0.05, 0.1) is 29.6 Å². The average Bonchev–Trinajstić information content (AvgIpc) is 3.36. The molecule has 1 aromatic heterocycles. The summed E-state index contributed by atoms with van der Waals surface area (Å²) in [6, 6.07) is 10.5. The summed E-state index contributed by atoms with van der Waals surface area (Å²) in [5, 5.41) is 28.3. The van der Waals surface area contributed by atoms with E-state index in [1.807, 2.05) is 4.90 Å². The van der Waals surface area contributed by atoms with Gasteiger partial charge in [-0.3, -0.25) is 24.6 Å². The molecule has 16 heteroatoms. The Labute approximate surface area is 246 Å². The third kappa shape index (κ3) is 5.26. The molecule has 0 unspecified atom stereocenters. The predicted octanol–water partition coefficient (Wildman–Crippen LogP) is 0.433. The van der Waals surface area contributed by atoms with Crippen molar-refractivity contribution in [2.24, 2.45) is 0 Å². The molecule has 3 aliphatic rings. The van der Waals surface area contributed by atoms with Crippen LogP contribution in [0.3, 0.4) is 0 Å². The zero-order valence-electron chi connectivity index (χ0n) is 23.1. The Balaban J connectivity index is 1.09. The molecule has 3 aromatic rings. The number of aromatic nitrogens is 3. The molecule has 0 radical (unpaired) electrons. The first-order valence-corrected chi connectivity index (χ1v) is 15.3. The van der Waals surface area contributed by atoms with Gasteiger partial charge in [0.2, 0.25) is 27.3 Å². The lowest BCUT2D eigenvalue weighted by Crippen LogP contribution is -2.47. The lowest BCUT2D eigenvalue weighted by atomic mass is 9.90. The van der Waals surface area contributed by atoms with Crippen LogP contribution in [0.4, 0.5) is 11.4 Å². The number of fused-ring (bicyclic) bond motifs is 2. The number of rotatable bonds is 8. The Morgan fingerprint density at radius 2 is 1.60 bits per heavy atom. The third-order valence-electron chi connectivity index (χ3n) is 8.03. The molecule has 6 rings (SSSR count). The predicted molar refractivity (Wildman–Crippen MR) is 150 cm³/mol. The number of nitro groups is 1. The summed E-state index contributed by atoms with van der Waals surface area (Å²) in [5.41, 5.74) is 0.419. The van der Waals surface area contributed by atoms with Crippen LogP contribution in [0.15, 0.2) is 47.4 Å². The lowest BCUT2D eigenvalue weighted by molar-refractivity contribution is -0.749. The van der Waals surface area contributed by atoms with Crippen molar-refractivity contribution in [2.75, 3.05) is 63.9 Å². The summed E-state index contributed by atoms with van der Waals surface area (Å²) in [7, 11) is -3.88. The van der Waals surface area contributed by atoms with Crippen LogP contribution >= 0.6 is 0 Å². The van der Waals surface area contributed by atoms with Gasteiger partial charge in [-0.05, 0) is 18.6 Å². The van der Waals surface area contributed by atoms with Crippen LogP contribution in [0, 0.1) is 15.3 Å². The number of piperazine rings is 1. The summed E-state index contributed by atoms with van der Waals surface area (Å²) >= 11 is 0. The van der Waals surface area contributed by atoms with E-state index >= 15 is 0 Å². The molecule has 0 bridgehead atoms. The molecule has 3 heterocycles. The third-order valence-corrected chi connectivity index (χ3v) is 9.92. The highest BCUT2D eigenvalue weighted by atomic mass is 32.2. The molecule has 226 valence electrons. The van der Waals surface area contributed by atoms with Gasteiger partial charge in [-0.1, -0.05) is 24.3 Å². The van der Waals surface area contributed by atoms with Crippen LogP contribution in [0.2, 0.25) is 0 Å². The van der Waals surface area contributed by atoms with Crippen molar-refractivity contribution in [2.45, 2.75) is 17.9 Å². The smallest absolute Gasteiger partial charge is 0.293 e. The Hall–Kier alpha value is -4.25. The Morgan fingerprint density at radius 1 is 0.930 bits per heavy atom. The molecule has 1 aliphatic carbocycles. The molecule has 0 spiro atoms. The van der Waals surface area contributed by atoms with E-state index in [2.05, 4.69) is 10.00 Å². The lowest BCUT2D eigenvalue weighted by Gasteiger charge is -2.35. The molecule has 2 fully saturated rings. The molecular formula is C27H29N7O8S. The first-order valence-electron chi connectivity index (χ1n) is 13.9. The number of ether oxygens (including phenoxy) is 1. The Kier molecular flexibility index (Phi) is 7.68. The van der Waals surface area contributed by atoms with E-state index in [1.165, 1.54) is 21.1 Å². The molecule has 0 N–H and O–H groups in total. The minimum atomic E-state index is -3.88. The second-order valence-corrected chi connectivity index (χ2v) is 12.4. The summed E-state index contributed by atoms with van der Waals surface area (Å²) in [5.74, 6) is -0.864. The summed E-state index contributed by atoms with van der Waals surface area (Å²) in [6.07, 6.45) is 0.502. The number of ketones is 2. The average molecular weight is 612 g/mol. The largest absolute Gasteiger partial charge is 0.571 e. The number of benzene rings is 2. The fourth-order valence-electron chi connectivity index (χ4n) is 5.77. The number of morpholine rings is 1. The van der Waals surface area contributed by atoms with Crippen LogP contribution in [0.5, 0.6) is 0 Å². The zero-order chi connectivity index (χ0) is 30.3. The topological polar surface area (TPSA) is 175 Å². The minimum absolute atomic E-state index is 0.00471. The number of sulfonamides is 1. The van der Waals surface area contributed by atoms with E-state index in [1.54, 1.807) is 24.3 Å². The normalized spacial score (nSPS) is 18.0. The number of hydrogen-bond donors (Lipinski definition) is 0. The Bertz CT molecular complexity index is 1710. The highest BCUT2D eigenvalue weighted by Crippen LogP contribution is 2.33.